The van der Waals surface area contributed by atoms with Gasteiger partial charge in [0.05, 0.1) is 24.3 Å². The minimum Gasteiger partial charge on any atom is -0.507 e. The minimum atomic E-state index is -0.787. The smallest absolute Gasteiger partial charge is 0.337 e. The molecule has 2 aromatic carbocycles. The number of fused-ring (bicyclic) bond motifs is 1. The van der Waals surface area contributed by atoms with Gasteiger partial charge < -0.3 is 24.6 Å². The van der Waals surface area contributed by atoms with Crippen LogP contribution in [0.1, 0.15) is 27.5 Å². The molecule has 0 unspecified atom stereocenters. The van der Waals surface area contributed by atoms with Crippen molar-refractivity contribution in [3.8, 4) is 0 Å². The highest BCUT2D eigenvalue weighted by molar-refractivity contribution is 6.46. The van der Waals surface area contributed by atoms with Crippen molar-refractivity contribution in [2.24, 2.45) is 0 Å². The van der Waals surface area contributed by atoms with Crippen molar-refractivity contribution in [3.05, 3.63) is 77.0 Å². The second kappa shape index (κ2) is 8.91. The summed E-state index contributed by atoms with van der Waals surface area (Å²) in [7, 11) is 5.05. The number of likely N-dealkylation sites (tertiary alicyclic amines) is 1. The Balaban J connectivity index is 1.86. The van der Waals surface area contributed by atoms with Crippen LogP contribution in [-0.2, 0) is 14.3 Å². The van der Waals surface area contributed by atoms with Gasteiger partial charge in [0, 0.05) is 35.8 Å². The largest absolute Gasteiger partial charge is 0.507 e. The molecular weight excluding hydrogens is 422 g/mol. The number of Topliss-reactive ketones (excluding diaryl/α,β-unsaturated/α-hetero) is 1. The molecule has 8 heteroatoms. The maximum Gasteiger partial charge on any atom is 0.337 e. The van der Waals surface area contributed by atoms with Gasteiger partial charge in [-0.1, -0.05) is 30.3 Å². The molecule has 0 bridgehead atoms. The van der Waals surface area contributed by atoms with Crippen LogP contribution in [-0.4, -0.2) is 71.8 Å². The van der Waals surface area contributed by atoms with Crippen molar-refractivity contribution in [1.82, 2.24) is 14.8 Å². The summed E-state index contributed by atoms with van der Waals surface area (Å²) in [6.07, 6.45) is 1.63. The number of amides is 1. The quantitative estimate of drug-likeness (QED) is 0.261. The van der Waals surface area contributed by atoms with Gasteiger partial charge in [0.1, 0.15) is 5.76 Å². The van der Waals surface area contributed by atoms with Crippen LogP contribution in [0, 0.1) is 0 Å². The fraction of sp³-hybridized carbons (Fsp3) is 0.240. The molecule has 33 heavy (non-hydrogen) atoms. The molecule has 2 N–H and O–H groups in total. The van der Waals surface area contributed by atoms with Crippen LogP contribution in [0.3, 0.4) is 0 Å². The van der Waals surface area contributed by atoms with Gasteiger partial charge in [-0.2, -0.15) is 0 Å². The van der Waals surface area contributed by atoms with Crippen molar-refractivity contribution >= 4 is 34.3 Å². The molecule has 1 aliphatic heterocycles. The van der Waals surface area contributed by atoms with E-state index in [9.17, 15) is 19.5 Å². The molecule has 0 saturated carbocycles. The first-order valence-electron chi connectivity index (χ1n) is 10.5. The predicted octanol–water partition coefficient (Wildman–Crippen LogP) is 2.94. The molecule has 2 heterocycles. The molecule has 4 rings (SSSR count). The summed E-state index contributed by atoms with van der Waals surface area (Å²) >= 11 is 0. The average Bonchev–Trinajstić information content (AvgIpc) is 3.36. The summed E-state index contributed by atoms with van der Waals surface area (Å²) in [6, 6.07) is 13.1. The number of carbonyl (C=O) groups excluding carboxylic acids is 3. The van der Waals surface area contributed by atoms with E-state index in [1.807, 2.05) is 43.3 Å². The van der Waals surface area contributed by atoms with Gasteiger partial charge in [0.2, 0.25) is 0 Å². The maximum atomic E-state index is 13.1. The monoisotopic (exact) mass is 447 g/mol. The Kier molecular flexibility index (Phi) is 6.02. The van der Waals surface area contributed by atoms with Crippen molar-refractivity contribution in [2.45, 2.75) is 6.04 Å². The molecule has 170 valence electrons. The molecule has 3 aromatic rings. The lowest BCUT2D eigenvalue weighted by Crippen LogP contribution is -2.35. The van der Waals surface area contributed by atoms with E-state index in [1.165, 1.54) is 12.0 Å². The van der Waals surface area contributed by atoms with Gasteiger partial charge in [-0.15, -0.1) is 0 Å². The Morgan fingerprint density at radius 2 is 1.82 bits per heavy atom. The van der Waals surface area contributed by atoms with E-state index in [1.54, 1.807) is 30.5 Å². The number of aliphatic hydroxyl groups is 1. The van der Waals surface area contributed by atoms with E-state index >= 15 is 0 Å². The Bertz CT molecular complexity index is 1260. The SMILES string of the molecule is COC(=O)c1ccc([C@@H]2C(=C(O)c3c[nH]c4ccccc34)C(=O)C(=O)N2CCN(C)C)cc1. The number of rotatable bonds is 6. The number of benzene rings is 2. The normalized spacial score (nSPS) is 17.8. The molecule has 8 nitrogen and oxygen atoms in total. The fourth-order valence-corrected chi connectivity index (χ4v) is 4.10. The van der Waals surface area contributed by atoms with E-state index in [4.69, 9.17) is 4.74 Å². The standard InChI is InChI=1S/C25H25N3O5/c1-27(2)12-13-28-21(15-8-10-16(11-9-15)25(32)33-3)20(23(30)24(28)31)22(29)18-14-26-19-7-5-4-6-17(18)19/h4-11,14,21,26,29H,12-13H2,1-3H3/t21-/m1/s1. The van der Waals surface area contributed by atoms with Crippen molar-refractivity contribution < 1.29 is 24.2 Å². The number of aromatic nitrogens is 1. The molecule has 1 aromatic heterocycles. The average molecular weight is 447 g/mol. The van der Waals surface area contributed by atoms with Crippen LogP contribution in [0.5, 0.6) is 0 Å². The lowest BCUT2D eigenvalue weighted by Gasteiger charge is -2.26. The molecule has 1 atom stereocenters. The number of nitrogens with one attached hydrogen (secondary N) is 1. The van der Waals surface area contributed by atoms with Gasteiger partial charge in [0.25, 0.3) is 11.7 Å². The molecule has 1 aliphatic rings. The lowest BCUT2D eigenvalue weighted by atomic mass is 9.94. The van der Waals surface area contributed by atoms with E-state index in [0.29, 0.717) is 29.8 Å². The van der Waals surface area contributed by atoms with Gasteiger partial charge in [0.15, 0.2) is 0 Å². The summed E-state index contributed by atoms with van der Waals surface area (Å²) in [5.74, 6) is -2.12. The molecule has 0 radical (unpaired) electrons. The topological polar surface area (TPSA) is 103 Å². The van der Waals surface area contributed by atoms with E-state index < -0.39 is 23.7 Å². The molecule has 1 fully saturated rings. The number of ketones is 1. The Labute approximate surface area is 191 Å². The summed E-state index contributed by atoms with van der Waals surface area (Å²) in [5.41, 5.74) is 2.24. The zero-order valence-corrected chi connectivity index (χ0v) is 18.7. The first kappa shape index (κ1) is 22.3. The highest BCUT2D eigenvalue weighted by atomic mass is 16.5. The number of ether oxygens (including phenoxy) is 1. The minimum absolute atomic E-state index is 0.0225. The van der Waals surface area contributed by atoms with Crippen LogP contribution in [0.4, 0.5) is 0 Å². The van der Waals surface area contributed by atoms with Crippen LogP contribution in [0.15, 0.2) is 60.3 Å². The number of hydrogen-bond donors (Lipinski definition) is 2. The number of aliphatic hydroxyl groups excluding tert-OH is 1. The highest BCUT2D eigenvalue weighted by Crippen LogP contribution is 2.40. The number of likely N-dealkylation sites (N-methyl/N-ethyl adjacent to an activating group) is 1. The number of hydrogen-bond acceptors (Lipinski definition) is 6. The molecule has 0 spiro atoms. The lowest BCUT2D eigenvalue weighted by molar-refractivity contribution is -0.140. The predicted molar refractivity (Wildman–Crippen MR) is 124 cm³/mol. The number of esters is 1. The van der Waals surface area contributed by atoms with E-state index in [-0.39, 0.29) is 11.3 Å². The van der Waals surface area contributed by atoms with Gasteiger partial charge in [-0.05, 0) is 37.9 Å². The second-order valence-electron chi connectivity index (χ2n) is 8.16. The summed E-state index contributed by atoms with van der Waals surface area (Å²) in [4.78, 5) is 44.4. The van der Waals surface area contributed by atoms with Gasteiger partial charge in [-0.25, -0.2) is 4.79 Å². The maximum absolute atomic E-state index is 13.1. The zero-order valence-electron chi connectivity index (χ0n) is 18.7. The molecular formula is C25H25N3O5. The van der Waals surface area contributed by atoms with Crippen LogP contribution < -0.4 is 0 Å². The second-order valence-corrected chi connectivity index (χ2v) is 8.16. The van der Waals surface area contributed by atoms with Crippen molar-refractivity contribution in [2.75, 3.05) is 34.3 Å². The third-order valence-electron chi connectivity index (χ3n) is 5.82. The van der Waals surface area contributed by atoms with Crippen LogP contribution in [0.2, 0.25) is 0 Å². The number of carbonyl (C=O) groups is 3. The van der Waals surface area contributed by atoms with E-state index in [0.717, 1.165) is 10.9 Å². The number of para-hydroxylation sites is 1. The Hall–Kier alpha value is -3.91. The Morgan fingerprint density at radius 1 is 1.12 bits per heavy atom. The first-order valence-corrected chi connectivity index (χ1v) is 10.5. The summed E-state index contributed by atoms with van der Waals surface area (Å²) in [6.45, 7) is 0.836. The number of H-pyrrole nitrogens is 1. The van der Waals surface area contributed by atoms with Gasteiger partial charge in [-0.3, -0.25) is 9.59 Å². The fourth-order valence-electron chi connectivity index (χ4n) is 4.10. The summed E-state index contributed by atoms with van der Waals surface area (Å²) < 4.78 is 4.76. The third kappa shape index (κ3) is 4.01. The zero-order chi connectivity index (χ0) is 23.7. The van der Waals surface area contributed by atoms with Crippen molar-refractivity contribution in [1.29, 1.82) is 0 Å². The van der Waals surface area contributed by atoms with Crippen molar-refractivity contribution in [3.63, 3.8) is 0 Å². The molecule has 1 amide bonds. The molecule has 0 aliphatic carbocycles. The highest BCUT2D eigenvalue weighted by Gasteiger charge is 2.46. The number of aromatic amines is 1. The van der Waals surface area contributed by atoms with E-state index in [2.05, 4.69) is 4.98 Å². The van der Waals surface area contributed by atoms with Crippen LogP contribution >= 0.6 is 0 Å². The number of methoxy groups -OCH3 is 1. The Morgan fingerprint density at radius 3 is 2.48 bits per heavy atom. The molecule has 1 saturated heterocycles. The third-order valence-corrected chi connectivity index (χ3v) is 5.82. The number of nitrogens with zero attached hydrogens (tertiary/aromatic N) is 2. The summed E-state index contributed by atoms with van der Waals surface area (Å²) in [5, 5.41) is 12.0. The van der Waals surface area contributed by atoms with Crippen LogP contribution in [0.25, 0.3) is 16.7 Å². The first-order chi connectivity index (χ1) is 15.8. The van der Waals surface area contributed by atoms with Gasteiger partial charge >= 0.3 is 5.97 Å².